The Hall–Kier alpha value is -1.59. The van der Waals surface area contributed by atoms with Gasteiger partial charge in [-0.3, -0.25) is 4.79 Å². The maximum atomic E-state index is 11.8. The molecule has 0 aliphatic carbocycles. The van der Waals surface area contributed by atoms with Crippen LogP contribution in [0.1, 0.15) is 10.5 Å². The average Bonchev–Trinajstić information content (AvgIpc) is 2.39. The molecular formula is C12H10ClN3OS. The fourth-order valence-corrected chi connectivity index (χ4v) is 1.82. The van der Waals surface area contributed by atoms with Crippen molar-refractivity contribution in [3.05, 3.63) is 47.4 Å². The molecule has 6 heteroatoms. The van der Waals surface area contributed by atoms with Gasteiger partial charge < -0.3 is 5.32 Å². The van der Waals surface area contributed by atoms with E-state index in [4.69, 9.17) is 11.6 Å². The third kappa shape index (κ3) is 3.21. The zero-order valence-electron chi connectivity index (χ0n) is 9.55. The van der Waals surface area contributed by atoms with E-state index in [2.05, 4.69) is 15.3 Å². The van der Waals surface area contributed by atoms with Gasteiger partial charge in [-0.1, -0.05) is 17.7 Å². The van der Waals surface area contributed by atoms with E-state index in [-0.39, 0.29) is 16.8 Å². The van der Waals surface area contributed by atoms with Gasteiger partial charge in [-0.05, 0) is 30.5 Å². The number of hydrogen-bond donors (Lipinski definition) is 1. The van der Waals surface area contributed by atoms with E-state index >= 15 is 0 Å². The molecule has 0 radical (unpaired) electrons. The lowest BCUT2D eigenvalue weighted by atomic mass is 10.3. The van der Waals surface area contributed by atoms with Gasteiger partial charge in [0.15, 0.2) is 0 Å². The minimum absolute atomic E-state index is 0.262. The van der Waals surface area contributed by atoms with Crippen molar-refractivity contribution in [1.82, 2.24) is 9.97 Å². The van der Waals surface area contributed by atoms with Crippen LogP contribution < -0.4 is 5.32 Å². The monoisotopic (exact) mass is 279 g/mol. The maximum absolute atomic E-state index is 11.8. The molecule has 2 aromatic rings. The fraction of sp³-hybridized carbons (Fsp3) is 0.0833. The zero-order chi connectivity index (χ0) is 13.0. The third-order valence-electron chi connectivity index (χ3n) is 2.16. The first kappa shape index (κ1) is 12.9. The number of nitrogens with zero attached hydrogens (tertiary/aromatic N) is 2. The predicted molar refractivity (Wildman–Crippen MR) is 73.2 cm³/mol. The summed E-state index contributed by atoms with van der Waals surface area (Å²) in [5, 5.41) is 2.94. The first-order chi connectivity index (χ1) is 8.69. The number of halogens is 1. The molecule has 1 amide bonds. The second-order valence-corrected chi connectivity index (χ2v) is 4.65. The number of hydrogen-bond acceptors (Lipinski definition) is 4. The van der Waals surface area contributed by atoms with Crippen LogP contribution in [0.15, 0.2) is 41.4 Å². The number of aromatic nitrogens is 2. The molecule has 0 atom stereocenters. The van der Waals surface area contributed by atoms with E-state index in [1.54, 1.807) is 42.2 Å². The summed E-state index contributed by atoms with van der Waals surface area (Å²) in [4.78, 5) is 20.9. The Bertz CT molecular complexity index is 560. The van der Waals surface area contributed by atoms with Crippen molar-refractivity contribution >= 4 is 35.1 Å². The Morgan fingerprint density at radius 2 is 2.17 bits per heavy atom. The molecule has 2 aromatic heterocycles. The smallest absolute Gasteiger partial charge is 0.275 e. The minimum atomic E-state index is -0.332. The molecule has 18 heavy (non-hydrogen) atoms. The van der Waals surface area contributed by atoms with Crippen LogP contribution in [0, 0.1) is 0 Å². The van der Waals surface area contributed by atoms with Crippen molar-refractivity contribution < 1.29 is 4.79 Å². The number of anilines is 1. The summed E-state index contributed by atoms with van der Waals surface area (Å²) in [6.07, 6.45) is 3.66. The largest absolute Gasteiger partial charge is 0.305 e. The average molecular weight is 280 g/mol. The summed E-state index contributed by atoms with van der Waals surface area (Å²) in [5.41, 5.74) is 0.262. The Morgan fingerprint density at radius 3 is 2.78 bits per heavy atom. The minimum Gasteiger partial charge on any atom is -0.305 e. The first-order valence-corrected chi connectivity index (χ1v) is 6.73. The van der Waals surface area contributed by atoms with Crippen LogP contribution in [-0.2, 0) is 0 Å². The van der Waals surface area contributed by atoms with Crippen molar-refractivity contribution in [3.8, 4) is 0 Å². The molecule has 0 spiro atoms. The molecule has 0 saturated heterocycles. The Balaban J connectivity index is 2.11. The number of carbonyl (C=O) groups excluding carboxylic acids is 1. The lowest BCUT2D eigenvalue weighted by Gasteiger charge is -2.04. The normalized spacial score (nSPS) is 10.1. The SMILES string of the molecule is CSc1ccc(NC(=O)c2cccc(Cl)n2)nc1. The van der Waals surface area contributed by atoms with Crippen LogP contribution in [0.5, 0.6) is 0 Å². The molecule has 0 aliphatic heterocycles. The van der Waals surface area contributed by atoms with Gasteiger partial charge in [0.2, 0.25) is 0 Å². The summed E-state index contributed by atoms with van der Waals surface area (Å²) in [5.74, 6) is 0.154. The molecule has 4 nitrogen and oxygen atoms in total. The van der Waals surface area contributed by atoms with Crippen molar-refractivity contribution in [2.75, 3.05) is 11.6 Å². The third-order valence-corrected chi connectivity index (χ3v) is 3.08. The Morgan fingerprint density at radius 1 is 1.33 bits per heavy atom. The number of pyridine rings is 2. The van der Waals surface area contributed by atoms with E-state index in [0.29, 0.717) is 5.82 Å². The summed E-state index contributed by atoms with van der Waals surface area (Å²) in [7, 11) is 0. The molecule has 0 aromatic carbocycles. The van der Waals surface area contributed by atoms with Gasteiger partial charge in [-0.25, -0.2) is 9.97 Å². The van der Waals surface area contributed by atoms with Gasteiger partial charge in [0, 0.05) is 11.1 Å². The highest BCUT2D eigenvalue weighted by Gasteiger charge is 2.08. The molecular weight excluding hydrogens is 270 g/mol. The van der Waals surface area contributed by atoms with E-state index in [9.17, 15) is 4.79 Å². The molecule has 0 saturated carbocycles. The highest BCUT2D eigenvalue weighted by molar-refractivity contribution is 7.98. The van der Waals surface area contributed by atoms with E-state index in [1.807, 2.05) is 12.3 Å². The predicted octanol–water partition coefficient (Wildman–Crippen LogP) is 3.10. The number of nitrogens with one attached hydrogen (secondary N) is 1. The van der Waals surface area contributed by atoms with Gasteiger partial charge in [-0.2, -0.15) is 0 Å². The standard InChI is InChI=1S/C12H10ClN3OS/c1-18-8-5-6-11(14-7-8)16-12(17)9-3-2-4-10(13)15-9/h2-7H,1H3,(H,14,16,17). The number of rotatable bonds is 3. The van der Waals surface area contributed by atoms with Crippen LogP contribution in [0.2, 0.25) is 5.15 Å². The fourth-order valence-electron chi connectivity index (χ4n) is 1.29. The van der Waals surface area contributed by atoms with E-state index < -0.39 is 0 Å². The lowest BCUT2D eigenvalue weighted by Crippen LogP contribution is -2.14. The summed E-state index contributed by atoms with van der Waals surface area (Å²) < 4.78 is 0. The quantitative estimate of drug-likeness (QED) is 0.693. The molecule has 2 rings (SSSR count). The van der Waals surface area contributed by atoms with Crippen LogP contribution in [0.25, 0.3) is 0 Å². The Kier molecular flexibility index (Phi) is 4.17. The van der Waals surface area contributed by atoms with Gasteiger partial charge >= 0.3 is 0 Å². The topological polar surface area (TPSA) is 54.9 Å². The molecule has 0 aliphatic rings. The van der Waals surface area contributed by atoms with E-state index in [1.165, 1.54) is 0 Å². The number of amides is 1. The first-order valence-electron chi connectivity index (χ1n) is 5.13. The van der Waals surface area contributed by atoms with Gasteiger partial charge in [0.05, 0.1) is 0 Å². The highest BCUT2D eigenvalue weighted by Crippen LogP contribution is 2.15. The van der Waals surface area contributed by atoms with Gasteiger partial charge in [0.25, 0.3) is 5.91 Å². The molecule has 0 unspecified atom stereocenters. The molecule has 2 heterocycles. The molecule has 92 valence electrons. The lowest BCUT2D eigenvalue weighted by molar-refractivity contribution is 0.102. The van der Waals surface area contributed by atoms with Gasteiger partial charge in [0.1, 0.15) is 16.7 Å². The molecule has 0 fully saturated rings. The van der Waals surface area contributed by atoms with Crippen LogP contribution in [0.4, 0.5) is 5.82 Å². The second-order valence-electron chi connectivity index (χ2n) is 3.38. The van der Waals surface area contributed by atoms with Crippen molar-refractivity contribution in [2.24, 2.45) is 0 Å². The summed E-state index contributed by atoms with van der Waals surface area (Å²) >= 11 is 7.31. The Labute approximate surface area is 114 Å². The zero-order valence-corrected chi connectivity index (χ0v) is 11.1. The van der Waals surface area contributed by atoms with Crippen molar-refractivity contribution in [3.63, 3.8) is 0 Å². The molecule has 0 bridgehead atoms. The maximum Gasteiger partial charge on any atom is 0.275 e. The molecule has 1 N–H and O–H groups in total. The highest BCUT2D eigenvalue weighted by atomic mass is 35.5. The van der Waals surface area contributed by atoms with Crippen LogP contribution in [0.3, 0.4) is 0 Å². The van der Waals surface area contributed by atoms with Crippen LogP contribution >= 0.6 is 23.4 Å². The summed E-state index contributed by atoms with van der Waals surface area (Å²) in [6, 6.07) is 8.52. The number of carbonyl (C=O) groups is 1. The van der Waals surface area contributed by atoms with Crippen molar-refractivity contribution in [2.45, 2.75) is 4.90 Å². The van der Waals surface area contributed by atoms with Crippen LogP contribution in [-0.4, -0.2) is 22.1 Å². The van der Waals surface area contributed by atoms with Crippen molar-refractivity contribution in [1.29, 1.82) is 0 Å². The second kappa shape index (κ2) is 5.84. The number of thioether (sulfide) groups is 1. The van der Waals surface area contributed by atoms with E-state index in [0.717, 1.165) is 4.90 Å². The van der Waals surface area contributed by atoms with Gasteiger partial charge in [-0.15, -0.1) is 11.8 Å². The summed E-state index contributed by atoms with van der Waals surface area (Å²) in [6.45, 7) is 0.